The fourth-order valence-electron chi connectivity index (χ4n) is 1.37. The van der Waals surface area contributed by atoms with Gasteiger partial charge in [0.1, 0.15) is 0 Å². The lowest BCUT2D eigenvalue weighted by atomic mass is 10.3. The number of piperazine rings is 1. The number of hydrogen-bond acceptors (Lipinski definition) is 2. The second-order valence-corrected chi connectivity index (χ2v) is 3.59. The molecule has 4 heteroatoms. The van der Waals surface area contributed by atoms with Gasteiger partial charge in [-0.15, -0.1) is 0 Å². The molecule has 0 aliphatic carbocycles. The lowest BCUT2D eigenvalue weighted by Crippen LogP contribution is -2.50. The highest BCUT2D eigenvalue weighted by atomic mass is 16.2. The van der Waals surface area contributed by atoms with Crippen molar-refractivity contribution in [2.45, 2.75) is 6.92 Å². The van der Waals surface area contributed by atoms with E-state index in [1.54, 1.807) is 4.90 Å². The van der Waals surface area contributed by atoms with Gasteiger partial charge in [0.2, 0.25) is 0 Å². The first-order valence-electron chi connectivity index (χ1n) is 4.83. The fourth-order valence-corrected chi connectivity index (χ4v) is 1.37. The Morgan fingerprint density at radius 1 is 1.31 bits per heavy atom. The highest BCUT2D eigenvalue weighted by molar-refractivity contribution is 5.74. The summed E-state index contributed by atoms with van der Waals surface area (Å²) in [7, 11) is 3.94. The number of carbonyl (C=O) groups is 1. The van der Waals surface area contributed by atoms with Crippen LogP contribution in [0.1, 0.15) is 6.92 Å². The molecule has 1 fully saturated rings. The summed E-state index contributed by atoms with van der Waals surface area (Å²) in [5.41, 5.74) is 0. The summed E-state index contributed by atoms with van der Waals surface area (Å²) in [6, 6.07) is 0.163. The van der Waals surface area contributed by atoms with E-state index in [1.807, 2.05) is 18.9 Å². The Morgan fingerprint density at radius 3 is 2.31 bits per heavy atom. The van der Waals surface area contributed by atoms with Crippen molar-refractivity contribution in [3.63, 3.8) is 0 Å². The lowest BCUT2D eigenvalue weighted by Gasteiger charge is -2.34. The summed E-state index contributed by atoms with van der Waals surface area (Å²) in [4.78, 5) is 17.6. The van der Waals surface area contributed by atoms with Gasteiger partial charge in [-0.1, -0.05) is 0 Å². The Hall–Kier alpha value is -0.770. The van der Waals surface area contributed by atoms with Gasteiger partial charge in [0.05, 0.1) is 0 Å². The van der Waals surface area contributed by atoms with Crippen LogP contribution in [0.3, 0.4) is 0 Å². The molecule has 0 atom stereocenters. The largest absolute Gasteiger partial charge is 0.328 e. The van der Waals surface area contributed by atoms with Crippen molar-refractivity contribution in [1.82, 2.24) is 14.7 Å². The molecule has 1 aliphatic rings. The molecule has 0 aromatic heterocycles. The van der Waals surface area contributed by atoms with Crippen LogP contribution in [0.5, 0.6) is 0 Å². The summed E-state index contributed by atoms with van der Waals surface area (Å²) in [5, 5.41) is 0. The third-order valence-corrected chi connectivity index (χ3v) is 2.57. The number of amides is 2. The third kappa shape index (κ3) is 2.59. The Balaban J connectivity index is 2.40. The standard InChI is InChI=1S/C9H19N3O/c1-4-11(3)9(13)12-7-5-10(2)6-8-12/h4-8H2,1-3H3. The van der Waals surface area contributed by atoms with Crippen molar-refractivity contribution >= 4 is 6.03 Å². The molecule has 0 spiro atoms. The van der Waals surface area contributed by atoms with Crippen molar-refractivity contribution in [2.24, 2.45) is 0 Å². The molecule has 1 saturated heterocycles. The molecule has 0 saturated carbocycles. The Morgan fingerprint density at radius 2 is 1.85 bits per heavy atom. The van der Waals surface area contributed by atoms with E-state index in [0.717, 1.165) is 32.7 Å². The highest BCUT2D eigenvalue weighted by Crippen LogP contribution is 2.02. The van der Waals surface area contributed by atoms with E-state index in [2.05, 4.69) is 11.9 Å². The highest BCUT2D eigenvalue weighted by Gasteiger charge is 2.20. The molecular weight excluding hydrogens is 166 g/mol. The molecule has 0 aromatic carbocycles. The Kier molecular flexibility index (Phi) is 3.54. The van der Waals surface area contributed by atoms with Crippen LogP contribution in [-0.2, 0) is 0 Å². The van der Waals surface area contributed by atoms with E-state index in [9.17, 15) is 4.79 Å². The van der Waals surface area contributed by atoms with Crippen molar-refractivity contribution < 1.29 is 4.79 Å². The molecule has 0 N–H and O–H groups in total. The van der Waals surface area contributed by atoms with E-state index in [4.69, 9.17) is 0 Å². The number of likely N-dealkylation sites (N-methyl/N-ethyl adjacent to an activating group) is 1. The topological polar surface area (TPSA) is 26.8 Å². The molecule has 0 radical (unpaired) electrons. The second kappa shape index (κ2) is 4.46. The normalized spacial score (nSPS) is 18.8. The first-order chi connectivity index (χ1) is 6.15. The van der Waals surface area contributed by atoms with Crippen LogP contribution < -0.4 is 0 Å². The van der Waals surface area contributed by atoms with E-state index >= 15 is 0 Å². The quantitative estimate of drug-likeness (QED) is 0.587. The van der Waals surface area contributed by atoms with Gasteiger partial charge in [-0.05, 0) is 14.0 Å². The summed E-state index contributed by atoms with van der Waals surface area (Å²) < 4.78 is 0. The van der Waals surface area contributed by atoms with Crippen molar-refractivity contribution in [3.05, 3.63) is 0 Å². The summed E-state index contributed by atoms with van der Waals surface area (Å²) in [6.07, 6.45) is 0. The van der Waals surface area contributed by atoms with Gasteiger partial charge in [0.15, 0.2) is 0 Å². The third-order valence-electron chi connectivity index (χ3n) is 2.57. The SMILES string of the molecule is CCN(C)C(=O)N1CCN(C)CC1. The van der Waals surface area contributed by atoms with Gasteiger partial charge < -0.3 is 14.7 Å². The molecule has 76 valence electrons. The maximum atomic E-state index is 11.7. The van der Waals surface area contributed by atoms with E-state index < -0.39 is 0 Å². The maximum absolute atomic E-state index is 11.7. The molecule has 0 bridgehead atoms. The second-order valence-electron chi connectivity index (χ2n) is 3.59. The molecule has 2 amide bonds. The molecule has 1 rings (SSSR count). The molecule has 0 aromatic rings. The van der Waals surface area contributed by atoms with Crippen LogP contribution in [0.2, 0.25) is 0 Å². The van der Waals surface area contributed by atoms with Crippen LogP contribution >= 0.6 is 0 Å². The number of rotatable bonds is 1. The van der Waals surface area contributed by atoms with Crippen molar-refractivity contribution in [1.29, 1.82) is 0 Å². The first-order valence-corrected chi connectivity index (χ1v) is 4.83. The predicted octanol–water partition coefficient (Wildman–Crippen LogP) is 0.306. The lowest BCUT2D eigenvalue weighted by molar-refractivity contribution is 0.130. The van der Waals surface area contributed by atoms with Crippen molar-refractivity contribution in [2.75, 3.05) is 46.8 Å². The van der Waals surface area contributed by atoms with Crippen LogP contribution in [-0.4, -0.2) is 67.5 Å². The van der Waals surface area contributed by atoms with Gasteiger partial charge in [0.25, 0.3) is 0 Å². The van der Waals surface area contributed by atoms with Crippen LogP contribution in [0.4, 0.5) is 4.79 Å². The van der Waals surface area contributed by atoms with E-state index in [-0.39, 0.29) is 6.03 Å². The van der Waals surface area contributed by atoms with Gasteiger partial charge in [-0.2, -0.15) is 0 Å². The van der Waals surface area contributed by atoms with Crippen LogP contribution in [0, 0.1) is 0 Å². The molecule has 1 aliphatic heterocycles. The summed E-state index contributed by atoms with van der Waals surface area (Å²) in [6.45, 7) is 6.48. The van der Waals surface area contributed by atoms with Gasteiger partial charge in [-0.3, -0.25) is 0 Å². The zero-order valence-corrected chi connectivity index (χ0v) is 8.79. The van der Waals surface area contributed by atoms with Crippen molar-refractivity contribution in [3.8, 4) is 0 Å². The molecular formula is C9H19N3O. The summed E-state index contributed by atoms with van der Waals surface area (Å²) >= 11 is 0. The average Bonchev–Trinajstić information content (AvgIpc) is 2.17. The number of nitrogens with zero attached hydrogens (tertiary/aromatic N) is 3. The summed E-state index contributed by atoms with van der Waals surface area (Å²) in [5.74, 6) is 0. The number of hydrogen-bond donors (Lipinski definition) is 0. The van der Waals surface area contributed by atoms with Gasteiger partial charge in [0, 0.05) is 39.8 Å². The zero-order chi connectivity index (χ0) is 9.84. The monoisotopic (exact) mass is 185 g/mol. The maximum Gasteiger partial charge on any atom is 0.319 e. The average molecular weight is 185 g/mol. The van der Waals surface area contributed by atoms with Gasteiger partial charge in [-0.25, -0.2) is 4.79 Å². The Bertz CT molecular complexity index is 176. The first kappa shape index (κ1) is 10.3. The van der Waals surface area contributed by atoms with E-state index in [1.165, 1.54) is 0 Å². The minimum atomic E-state index is 0.163. The zero-order valence-electron chi connectivity index (χ0n) is 8.79. The number of urea groups is 1. The van der Waals surface area contributed by atoms with Crippen LogP contribution in [0.25, 0.3) is 0 Å². The fraction of sp³-hybridized carbons (Fsp3) is 0.889. The molecule has 4 nitrogen and oxygen atoms in total. The molecule has 13 heavy (non-hydrogen) atoms. The predicted molar refractivity (Wildman–Crippen MR) is 52.8 cm³/mol. The minimum absolute atomic E-state index is 0.163. The Labute approximate surface area is 80.1 Å². The van der Waals surface area contributed by atoms with Gasteiger partial charge >= 0.3 is 6.03 Å². The number of carbonyl (C=O) groups excluding carboxylic acids is 1. The minimum Gasteiger partial charge on any atom is -0.328 e. The molecule has 1 heterocycles. The van der Waals surface area contributed by atoms with Crippen LogP contribution in [0.15, 0.2) is 0 Å². The molecule has 0 unspecified atom stereocenters. The smallest absolute Gasteiger partial charge is 0.319 e. The van der Waals surface area contributed by atoms with E-state index in [0.29, 0.717) is 0 Å².